The number of rotatable bonds is 1. The minimum Gasteiger partial charge on any atom is -0.373 e. The summed E-state index contributed by atoms with van der Waals surface area (Å²) in [7, 11) is 2.18. The van der Waals surface area contributed by atoms with Crippen molar-refractivity contribution in [1.29, 1.82) is 0 Å². The molecule has 1 aliphatic heterocycles. The highest BCUT2D eigenvalue weighted by atomic mass is 15.1. The molecule has 0 atom stereocenters. The number of aromatic nitrogens is 1. The van der Waals surface area contributed by atoms with Crippen LogP contribution in [0.15, 0.2) is 48.8 Å². The maximum atomic E-state index is 4.49. The summed E-state index contributed by atoms with van der Waals surface area (Å²) in [4.78, 5) is 6.84. The third kappa shape index (κ3) is 1.83. The van der Waals surface area contributed by atoms with E-state index in [0.717, 1.165) is 13.0 Å². The average molecular weight is 274 g/mol. The summed E-state index contributed by atoms with van der Waals surface area (Å²) in [6, 6.07) is 13.0. The fraction of sp³-hybridized carbons (Fsp3) is 0.211. The van der Waals surface area contributed by atoms with Crippen molar-refractivity contribution in [2.45, 2.75) is 13.3 Å². The van der Waals surface area contributed by atoms with Gasteiger partial charge < -0.3 is 4.90 Å². The van der Waals surface area contributed by atoms with E-state index in [1.54, 1.807) is 0 Å². The third-order valence-corrected chi connectivity index (χ3v) is 4.50. The van der Waals surface area contributed by atoms with Gasteiger partial charge in [-0.3, -0.25) is 4.98 Å². The first-order valence-electron chi connectivity index (χ1n) is 7.42. The van der Waals surface area contributed by atoms with Gasteiger partial charge in [-0.05, 0) is 40.8 Å². The van der Waals surface area contributed by atoms with Crippen molar-refractivity contribution in [1.82, 2.24) is 4.98 Å². The second-order valence-electron chi connectivity index (χ2n) is 5.84. The van der Waals surface area contributed by atoms with E-state index < -0.39 is 0 Å². The quantitative estimate of drug-likeness (QED) is 0.661. The highest BCUT2D eigenvalue weighted by molar-refractivity contribution is 6.01. The SMILES string of the molecule is Cc1ccc2ccccc2c1-c1cncc2c1N(C)CC2. The molecule has 2 nitrogen and oxygen atoms in total. The number of hydrogen-bond acceptors (Lipinski definition) is 2. The van der Waals surface area contributed by atoms with Gasteiger partial charge in [0.2, 0.25) is 0 Å². The van der Waals surface area contributed by atoms with Crippen molar-refractivity contribution in [3.8, 4) is 11.1 Å². The maximum Gasteiger partial charge on any atom is 0.0508 e. The number of benzene rings is 2. The lowest BCUT2D eigenvalue weighted by Crippen LogP contribution is -2.13. The first-order valence-corrected chi connectivity index (χ1v) is 7.42. The first-order chi connectivity index (χ1) is 10.3. The van der Waals surface area contributed by atoms with Crippen molar-refractivity contribution >= 4 is 16.5 Å². The zero-order valence-corrected chi connectivity index (χ0v) is 12.4. The Morgan fingerprint density at radius 2 is 1.90 bits per heavy atom. The van der Waals surface area contributed by atoms with Crippen LogP contribution in [0.2, 0.25) is 0 Å². The summed E-state index contributed by atoms with van der Waals surface area (Å²) >= 11 is 0. The molecule has 4 rings (SSSR count). The van der Waals surface area contributed by atoms with Crippen molar-refractivity contribution in [3.63, 3.8) is 0 Å². The summed E-state index contributed by atoms with van der Waals surface area (Å²) in [5.41, 5.74) is 6.61. The van der Waals surface area contributed by atoms with Gasteiger partial charge in [0.1, 0.15) is 0 Å². The summed E-state index contributed by atoms with van der Waals surface area (Å²) in [6.07, 6.45) is 5.13. The smallest absolute Gasteiger partial charge is 0.0508 e. The van der Waals surface area contributed by atoms with Gasteiger partial charge in [-0.15, -0.1) is 0 Å². The van der Waals surface area contributed by atoms with Crippen LogP contribution in [0.5, 0.6) is 0 Å². The Morgan fingerprint density at radius 3 is 2.81 bits per heavy atom. The molecule has 1 aliphatic rings. The molecule has 3 aromatic rings. The predicted molar refractivity (Wildman–Crippen MR) is 88.9 cm³/mol. The molecule has 0 saturated heterocycles. The molecule has 0 saturated carbocycles. The lowest BCUT2D eigenvalue weighted by atomic mass is 9.93. The molecule has 0 spiro atoms. The highest BCUT2D eigenvalue weighted by Crippen LogP contribution is 2.40. The molecule has 0 bridgehead atoms. The van der Waals surface area contributed by atoms with Crippen LogP contribution in [0.4, 0.5) is 5.69 Å². The van der Waals surface area contributed by atoms with Gasteiger partial charge in [0, 0.05) is 31.5 Å². The van der Waals surface area contributed by atoms with Gasteiger partial charge in [-0.25, -0.2) is 0 Å². The second-order valence-corrected chi connectivity index (χ2v) is 5.84. The second kappa shape index (κ2) is 4.59. The molecule has 0 radical (unpaired) electrons. The van der Waals surface area contributed by atoms with E-state index >= 15 is 0 Å². The molecule has 104 valence electrons. The molecule has 1 aromatic heterocycles. The molecule has 2 heteroatoms. The number of anilines is 1. The first kappa shape index (κ1) is 12.4. The van der Waals surface area contributed by atoms with Crippen LogP contribution in [0.25, 0.3) is 21.9 Å². The van der Waals surface area contributed by atoms with E-state index in [4.69, 9.17) is 0 Å². The molecule has 0 aliphatic carbocycles. The van der Waals surface area contributed by atoms with Crippen LogP contribution in [0.3, 0.4) is 0 Å². The van der Waals surface area contributed by atoms with Crippen molar-refractivity contribution < 1.29 is 0 Å². The minimum atomic E-state index is 1.08. The zero-order valence-electron chi connectivity index (χ0n) is 12.4. The van der Waals surface area contributed by atoms with Gasteiger partial charge in [0.05, 0.1) is 5.69 Å². The largest absolute Gasteiger partial charge is 0.373 e. The van der Waals surface area contributed by atoms with Gasteiger partial charge >= 0.3 is 0 Å². The Labute approximate surface area is 125 Å². The van der Waals surface area contributed by atoms with E-state index in [2.05, 4.69) is 60.3 Å². The third-order valence-electron chi connectivity index (χ3n) is 4.50. The Hall–Kier alpha value is -2.35. The number of aryl methyl sites for hydroxylation is 1. The van der Waals surface area contributed by atoms with Crippen LogP contribution in [-0.4, -0.2) is 18.6 Å². The summed E-state index contributed by atoms with van der Waals surface area (Å²) in [5, 5.41) is 2.60. The molecule has 2 aromatic carbocycles. The van der Waals surface area contributed by atoms with Crippen LogP contribution in [-0.2, 0) is 6.42 Å². The molecular weight excluding hydrogens is 256 g/mol. The Bertz CT molecular complexity index is 836. The Balaban J connectivity index is 2.09. The molecular formula is C19H18N2. The van der Waals surface area contributed by atoms with Crippen molar-refractivity contribution in [2.75, 3.05) is 18.5 Å². The van der Waals surface area contributed by atoms with E-state index in [1.165, 1.54) is 38.7 Å². The Kier molecular flexibility index (Phi) is 2.71. The van der Waals surface area contributed by atoms with Gasteiger partial charge in [-0.1, -0.05) is 36.4 Å². The monoisotopic (exact) mass is 274 g/mol. The van der Waals surface area contributed by atoms with E-state index in [-0.39, 0.29) is 0 Å². The number of nitrogens with zero attached hydrogens (tertiary/aromatic N) is 2. The number of fused-ring (bicyclic) bond motifs is 2. The minimum absolute atomic E-state index is 1.08. The number of likely N-dealkylation sites (N-methyl/N-ethyl adjacent to an activating group) is 1. The van der Waals surface area contributed by atoms with E-state index in [9.17, 15) is 0 Å². The van der Waals surface area contributed by atoms with E-state index in [0.29, 0.717) is 0 Å². The van der Waals surface area contributed by atoms with Gasteiger partial charge in [-0.2, -0.15) is 0 Å². The van der Waals surface area contributed by atoms with Crippen LogP contribution >= 0.6 is 0 Å². The normalized spacial score (nSPS) is 13.7. The topological polar surface area (TPSA) is 16.1 Å². The van der Waals surface area contributed by atoms with Crippen LogP contribution in [0.1, 0.15) is 11.1 Å². The lowest BCUT2D eigenvalue weighted by Gasteiger charge is -2.19. The predicted octanol–water partition coefficient (Wildman–Crippen LogP) is 4.20. The standard InChI is InChI=1S/C19H18N2/c1-13-7-8-14-5-3-4-6-16(14)18(13)17-12-20-11-15-9-10-21(2)19(15)17/h3-8,11-12H,9-10H2,1-2H3. The summed E-state index contributed by atoms with van der Waals surface area (Å²) in [5.74, 6) is 0. The zero-order chi connectivity index (χ0) is 14.4. The summed E-state index contributed by atoms with van der Waals surface area (Å²) < 4.78 is 0. The number of pyridine rings is 1. The molecule has 0 N–H and O–H groups in total. The molecule has 0 fully saturated rings. The molecule has 2 heterocycles. The summed E-state index contributed by atoms with van der Waals surface area (Å²) in [6.45, 7) is 3.27. The number of hydrogen-bond donors (Lipinski definition) is 0. The lowest BCUT2D eigenvalue weighted by molar-refractivity contribution is 0.955. The fourth-order valence-electron chi connectivity index (χ4n) is 3.45. The highest BCUT2D eigenvalue weighted by Gasteiger charge is 2.22. The van der Waals surface area contributed by atoms with Crippen LogP contribution in [0, 0.1) is 6.92 Å². The van der Waals surface area contributed by atoms with Gasteiger partial charge in [0.25, 0.3) is 0 Å². The molecule has 21 heavy (non-hydrogen) atoms. The molecule has 0 amide bonds. The van der Waals surface area contributed by atoms with E-state index in [1.807, 2.05) is 12.4 Å². The Morgan fingerprint density at radius 1 is 1.05 bits per heavy atom. The average Bonchev–Trinajstić information content (AvgIpc) is 2.89. The molecule has 0 unspecified atom stereocenters. The van der Waals surface area contributed by atoms with Crippen molar-refractivity contribution in [2.24, 2.45) is 0 Å². The van der Waals surface area contributed by atoms with Crippen molar-refractivity contribution in [3.05, 3.63) is 59.9 Å². The van der Waals surface area contributed by atoms with Gasteiger partial charge in [0.15, 0.2) is 0 Å². The van der Waals surface area contributed by atoms with Crippen LogP contribution < -0.4 is 4.90 Å². The fourth-order valence-corrected chi connectivity index (χ4v) is 3.45. The maximum absolute atomic E-state index is 4.49.